The van der Waals surface area contributed by atoms with Gasteiger partial charge in [0.15, 0.2) is 0 Å². The second kappa shape index (κ2) is 5.46. The maximum atomic E-state index is 13.2. The molecule has 1 atom stereocenters. The Labute approximate surface area is 87.5 Å². The molecule has 0 radical (unpaired) electrons. The topological polar surface area (TPSA) is 46.5 Å². The van der Waals surface area contributed by atoms with Gasteiger partial charge in [0, 0.05) is 5.56 Å². The molecule has 0 bridgehead atoms. The van der Waals surface area contributed by atoms with Gasteiger partial charge < -0.3 is 9.84 Å². The highest BCUT2D eigenvalue weighted by Gasteiger charge is 2.16. The van der Waals surface area contributed by atoms with Gasteiger partial charge in [-0.15, -0.1) is 0 Å². The highest BCUT2D eigenvalue weighted by molar-refractivity contribution is 5.70. The van der Waals surface area contributed by atoms with E-state index in [-0.39, 0.29) is 18.6 Å². The minimum absolute atomic E-state index is 0.116. The van der Waals surface area contributed by atoms with Crippen LogP contribution in [0.5, 0.6) is 0 Å². The third-order valence-electron chi connectivity index (χ3n) is 1.93. The average molecular weight is 212 g/mol. The summed E-state index contributed by atoms with van der Waals surface area (Å²) in [4.78, 5) is 11.0. The molecule has 1 rings (SSSR count). The van der Waals surface area contributed by atoms with E-state index in [1.807, 2.05) is 0 Å². The van der Waals surface area contributed by atoms with E-state index in [1.54, 1.807) is 13.0 Å². The van der Waals surface area contributed by atoms with Crippen LogP contribution in [0.1, 0.15) is 25.0 Å². The molecule has 15 heavy (non-hydrogen) atoms. The number of carbonyl (C=O) groups is 1. The monoisotopic (exact) mass is 212 g/mol. The van der Waals surface area contributed by atoms with Crippen LogP contribution in [-0.4, -0.2) is 17.7 Å². The Morgan fingerprint density at radius 1 is 1.53 bits per heavy atom. The van der Waals surface area contributed by atoms with Crippen molar-refractivity contribution >= 4 is 5.97 Å². The maximum absolute atomic E-state index is 13.2. The second-order valence-electron chi connectivity index (χ2n) is 3.05. The van der Waals surface area contributed by atoms with Gasteiger partial charge in [-0.05, 0) is 13.0 Å². The number of halogens is 1. The first-order valence-corrected chi connectivity index (χ1v) is 4.73. The predicted octanol–water partition coefficient (Wildman–Crippen LogP) is 1.81. The first kappa shape index (κ1) is 11.7. The van der Waals surface area contributed by atoms with Crippen molar-refractivity contribution in [3.8, 4) is 0 Å². The Kier molecular flexibility index (Phi) is 4.24. The van der Waals surface area contributed by atoms with Crippen molar-refractivity contribution in [2.75, 3.05) is 6.61 Å². The minimum Gasteiger partial charge on any atom is -0.466 e. The third kappa shape index (κ3) is 3.32. The average Bonchev–Trinajstić information content (AvgIpc) is 2.18. The summed E-state index contributed by atoms with van der Waals surface area (Å²) in [6.07, 6.45) is -1.38. The molecular weight excluding hydrogens is 199 g/mol. The van der Waals surface area contributed by atoms with Crippen LogP contribution in [0.25, 0.3) is 0 Å². The van der Waals surface area contributed by atoms with Crippen LogP contribution in [0.2, 0.25) is 0 Å². The Morgan fingerprint density at radius 2 is 2.20 bits per heavy atom. The summed E-state index contributed by atoms with van der Waals surface area (Å²) < 4.78 is 17.8. The smallest absolute Gasteiger partial charge is 0.308 e. The lowest BCUT2D eigenvalue weighted by atomic mass is 10.1. The number of hydrogen-bond donors (Lipinski definition) is 1. The van der Waals surface area contributed by atoms with Gasteiger partial charge in [0.1, 0.15) is 5.82 Å². The van der Waals surface area contributed by atoms with Crippen molar-refractivity contribution in [1.82, 2.24) is 0 Å². The molecule has 0 heterocycles. The predicted molar refractivity (Wildman–Crippen MR) is 52.6 cm³/mol. The van der Waals surface area contributed by atoms with Crippen molar-refractivity contribution in [3.05, 3.63) is 35.6 Å². The Hall–Kier alpha value is -1.42. The largest absolute Gasteiger partial charge is 0.466 e. The number of hydrogen-bond acceptors (Lipinski definition) is 3. The summed E-state index contributed by atoms with van der Waals surface area (Å²) in [6, 6.07) is 5.81. The fourth-order valence-electron chi connectivity index (χ4n) is 1.23. The molecule has 0 amide bonds. The summed E-state index contributed by atoms with van der Waals surface area (Å²) in [5.74, 6) is -1.05. The molecule has 0 aromatic heterocycles. The molecule has 0 aliphatic heterocycles. The molecule has 1 aromatic carbocycles. The van der Waals surface area contributed by atoms with E-state index in [9.17, 15) is 14.3 Å². The van der Waals surface area contributed by atoms with Gasteiger partial charge in [-0.3, -0.25) is 4.79 Å². The Morgan fingerprint density at radius 3 is 2.80 bits per heavy atom. The number of benzene rings is 1. The van der Waals surface area contributed by atoms with E-state index < -0.39 is 17.9 Å². The third-order valence-corrected chi connectivity index (χ3v) is 1.93. The summed E-state index contributed by atoms with van der Waals surface area (Å²) >= 11 is 0. The summed E-state index contributed by atoms with van der Waals surface area (Å²) in [5, 5.41) is 9.56. The highest BCUT2D eigenvalue weighted by atomic mass is 19.1. The lowest BCUT2D eigenvalue weighted by molar-refractivity contribution is -0.145. The van der Waals surface area contributed by atoms with Crippen LogP contribution in [0.4, 0.5) is 4.39 Å². The summed E-state index contributed by atoms with van der Waals surface area (Å²) in [7, 11) is 0. The van der Waals surface area contributed by atoms with Crippen LogP contribution in [0.3, 0.4) is 0 Å². The van der Waals surface area contributed by atoms with Crippen molar-refractivity contribution < 1.29 is 19.0 Å². The van der Waals surface area contributed by atoms with Gasteiger partial charge in [0.2, 0.25) is 0 Å². The number of aliphatic hydroxyl groups excluding tert-OH is 1. The van der Waals surface area contributed by atoms with Crippen molar-refractivity contribution in [2.45, 2.75) is 19.4 Å². The van der Waals surface area contributed by atoms with E-state index in [0.29, 0.717) is 0 Å². The quantitative estimate of drug-likeness (QED) is 0.774. The molecule has 4 heteroatoms. The molecule has 1 aromatic rings. The van der Waals surface area contributed by atoms with Crippen LogP contribution in [0.15, 0.2) is 24.3 Å². The fourth-order valence-corrected chi connectivity index (χ4v) is 1.23. The SMILES string of the molecule is CCOC(=O)C[C@H](O)c1ccccc1F. The van der Waals surface area contributed by atoms with Gasteiger partial charge in [-0.25, -0.2) is 4.39 Å². The van der Waals surface area contributed by atoms with Gasteiger partial charge in [-0.2, -0.15) is 0 Å². The number of ether oxygens (including phenoxy) is 1. The van der Waals surface area contributed by atoms with Crippen LogP contribution >= 0.6 is 0 Å². The first-order valence-electron chi connectivity index (χ1n) is 4.73. The van der Waals surface area contributed by atoms with Gasteiger partial charge in [-0.1, -0.05) is 18.2 Å². The molecule has 3 nitrogen and oxygen atoms in total. The number of aliphatic hydroxyl groups is 1. The first-order chi connectivity index (χ1) is 7.15. The van der Waals surface area contributed by atoms with E-state index in [1.165, 1.54) is 18.2 Å². The van der Waals surface area contributed by atoms with E-state index in [4.69, 9.17) is 0 Å². The zero-order valence-electron chi connectivity index (χ0n) is 8.44. The van der Waals surface area contributed by atoms with Crippen molar-refractivity contribution in [1.29, 1.82) is 0 Å². The lowest BCUT2D eigenvalue weighted by Gasteiger charge is -2.10. The molecule has 0 spiro atoms. The molecule has 0 aliphatic rings. The van der Waals surface area contributed by atoms with Crippen molar-refractivity contribution in [3.63, 3.8) is 0 Å². The van der Waals surface area contributed by atoms with E-state index in [0.717, 1.165) is 0 Å². The van der Waals surface area contributed by atoms with Crippen LogP contribution < -0.4 is 0 Å². The normalized spacial score (nSPS) is 12.2. The Bertz CT molecular complexity index is 338. The number of esters is 1. The summed E-state index contributed by atoms with van der Waals surface area (Å²) in [6.45, 7) is 1.93. The number of rotatable bonds is 4. The molecule has 0 aliphatic carbocycles. The van der Waals surface area contributed by atoms with Crippen LogP contribution in [-0.2, 0) is 9.53 Å². The van der Waals surface area contributed by atoms with Gasteiger partial charge in [0.05, 0.1) is 19.1 Å². The molecule has 82 valence electrons. The van der Waals surface area contributed by atoms with Gasteiger partial charge in [0.25, 0.3) is 0 Å². The number of carbonyl (C=O) groups excluding carboxylic acids is 1. The van der Waals surface area contributed by atoms with E-state index >= 15 is 0 Å². The van der Waals surface area contributed by atoms with Crippen molar-refractivity contribution in [2.24, 2.45) is 0 Å². The molecule has 0 saturated carbocycles. The fraction of sp³-hybridized carbons (Fsp3) is 0.364. The zero-order valence-corrected chi connectivity index (χ0v) is 8.44. The maximum Gasteiger partial charge on any atom is 0.308 e. The lowest BCUT2D eigenvalue weighted by Crippen LogP contribution is -2.11. The van der Waals surface area contributed by atoms with Crippen LogP contribution in [0, 0.1) is 5.82 Å². The highest BCUT2D eigenvalue weighted by Crippen LogP contribution is 2.19. The molecule has 0 unspecified atom stereocenters. The standard InChI is InChI=1S/C11H13FO3/c1-2-15-11(14)7-10(13)8-5-3-4-6-9(8)12/h3-6,10,13H,2,7H2,1H3/t10-/m0/s1. The summed E-state index contributed by atoms with van der Waals surface area (Å²) in [5.41, 5.74) is 0.116. The minimum atomic E-state index is -1.15. The second-order valence-corrected chi connectivity index (χ2v) is 3.05. The zero-order chi connectivity index (χ0) is 11.3. The molecule has 0 fully saturated rings. The molecular formula is C11H13FO3. The molecule has 0 saturated heterocycles. The Balaban J connectivity index is 2.65. The van der Waals surface area contributed by atoms with Gasteiger partial charge >= 0.3 is 5.97 Å². The van der Waals surface area contributed by atoms with E-state index in [2.05, 4.69) is 4.74 Å². The molecule has 1 N–H and O–H groups in total.